The first-order valence-corrected chi connectivity index (χ1v) is 34.5. The molecule has 5 atom stereocenters. The van der Waals surface area contributed by atoms with Crippen molar-refractivity contribution in [3.63, 3.8) is 0 Å². The molecule has 0 aromatic carbocycles. The highest BCUT2D eigenvalue weighted by molar-refractivity contribution is 7.47. The van der Waals surface area contributed by atoms with Crippen molar-refractivity contribution in [3.8, 4) is 0 Å². The first-order chi connectivity index (χ1) is 40.2. The lowest BCUT2D eigenvalue weighted by Crippen LogP contribution is -2.30. The fraction of sp³-hybridized carbons (Fsp3) is 0.708. The zero-order chi connectivity index (χ0) is 61.0. The van der Waals surface area contributed by atoms with Crippen LogP contribution in [0.4, 0.5) is 0 Å². The average molecular weight is 1210 g/mol. The molecule has 0 amide bonds. The maximum atomic E-state index is 12.9. The van der Waals surface area contributed by atoms with Crippen LogP contribution in [-0.2, 0) is 55.8 Å². The van der Waals surface area contributed by atoms with Gasteiger partial charge < -0.3 is 34.2 Å². The van der Waals surface area contributed by atoms with Gasteiger partial charge in [0.1, 0.15) is 25.4 Å². The van der Waals surface area contributed by atoms with Crippen LogP contribution in [0.15, 0.2) is 97.2 Å². The van der Waals surface area contributed by atoms with Crippen LogP contribution in [0.2, 0.25) is 0 Å². The molecular formula is C65H112O16P2. The van der Waals surface area contributed by atoms with Crippen molar-refractivity contribution in [2.45, 2.75) is 257 Å². The lowest BCUT2D eigenvalue weighted by Gasteiger charge is -2.21. The van der Waals surface area contributed by atoms with E-state index in [1.165, 1.54) is 64.2 Å². The van der Waals surface area contributed by atoms with E-state index in [-0.39, 0.29) is 19.3 Å². The molecule has 0 heterocycles. The molecule has 0 saturated carbocycles. The Labute approximate surface area is 501 Å². The van der Waals surface area contributed by atoms with Gasteiger partial charge in [-0.3, -0.25) is 32.5 Å². The largest absolute Gasteiger partial charge is 0.472 e. The molecule has 0 rings (SSSR count). The van der Waals surface area contributed by atoms with Gasteiger partial charge in [0.05, 0.1) is 26.4 Å². The molecule has 0 radical (unpaired) electrons. The zero-order valence-corrected chi connectivity index (χ0v) is 53.1. The number of allylic oxidation sites excluding steroid dienone is 16. The highest BCUT2D eigenvalue weighted by Crippen LogP contribution is 2.45. The van der Waals surface area contributed by atoms with Gasteiger partial charge in [0.2, 0.25) is 0 Å². The average Bonchev–Trinajstić information content (AvgIpc) is 3.47. The molecular weight excluding hydrogens is 1100 g/mol. The maximum absolute atomic E-state index is 12.9. The summed E-state index contributed by atoms with van der Waals surface area (Å²) in [4.78, 5) is 58.2. The minimum Gasteiger partial charge on any atom is -0.463 e. The van der Waals surface area contributed by atoms with Gasteiger partial charge >= 0.3 is 33.6 Å². The van der Waals surface area contributed by atoms with Gasteiger partial charge in [0, 0.05) is 19.3 Å². The van der Waals surface area contributed by atoms with E-state index < -0.39 is 91.5 Å². The summed E-state index contributed by atoms with van der Waals surface area (Å²) in [6.07, 6.45) is 61.9. The van der Waals surface area contributed by atoms with Crippen LogP contribution in [0.3, 0.4) is 0 Å². The van der Waals surface area contributed by atoms with Crippen molar-refractivity contribution in [1.29, 1.82) is 0 Å². The van der Waals surface area contributed by atoms with E-state index >= 15 is 0 Å². The van der Waals surface area contributed by atoms with Gasteiger partial charge in [0.25, 0.3) is 0 Å². The van der Waals surface area contributed by atoms with E-state index in [1.54, 1.807) is 0 Å². The molecule has 0 fully saturated rings. The highest BCUT2D eigenvalue weighted by atomic mass is 31.2. The predicted octanol–water partition coefficient (Wildman–Crippen LogP) is 16.7. The summed E-state index contributed by atoms with van der Waals surface area (Å²) in [6.45, 7) is 2.34. The number of rotatable bonds is 59. The summed E-state index contributed by atoms with van der Waals surface area (Å²) in [7, 11) is -9.78. The van der Waals surface area contributed by atoms with E-state index in [9.17, 15) is 43.5 Å². The van der Waals surface area contributed by atoms with E-state index in [0.717, 1.165) is 109 Å². The first-order valence-electron chi connectivity index (χ1n) is 31.5. The predicted molar refractivity (Wildman–Crippen MR) is 334 cm³/mol. The lowest BCUT2D eigenvalue weighted by molar-refractivity contribution is -0.161. The molecule has 0 aliphatic rings. The van der Waals surface area contributed by atoms with Gasteiger partial charge in [-0.1, -0.05) is 227 Å². The molecule has 0 aliphatic heterocycles. The maximum Gasteiger partial charge on any atom is 0.472 e. The van der Waals surface area contributed by atoms with Crippen molar-refractivity contribution in [2.24, 2.45) is 0 Å². The Bertz CT molecular complexity index is 1910. The molecule has 0 bridgehead atoms. The summed E-state index contributed by atoms with van der Waals surface area (Å²) in [5.41, 5.74) is 0. The van der Waals surface area contributed by atoms with Crippen LogP contribution in [0, 0.1) is 0 Å². The van der Waals surface area contributed by atoms with Crippen LogP contribution >= 0.6 is 15.6 Å². The van der Waals surface area contributed by atoms with Crippen molar-refractivity contribution in [2.75, 3.05) is 39.6 Å². The lowest BCUT2D eigenvalue weighted by atomic mass is 10.0. The number of esters is 3. The fourth-order valence-electron chi connectivity index (χ4n) is 8.03. The summed E-state index contributed by atoms with van der Waals surface area (Å²) in [6, 6.07) is 0. The summed E-state index contributed by atoms with van der Waals surface area (Å²) in [5, 5.41) is 20.5. The number of ether oxygens (including phenoxy) is 3. The minimum absolute atomic E-state index is 0.101. The number of unbranched alkanes of at least 4 members (excludes halogenated alkanes) is 20. The molecule has 0 aromatic heterocycles. The zero-order valence-electron chi connectivity index (χ0n) is 51.3. The standard InChI is InChI=1S/C65H112O16P2/c1-4-7-10-13-16-19-22-25-28-29-32-34-36-39-42-45-48-51-63(68)75-54-60(66)55-77-82(71,72)78-56-61(67)57-79-83(73,74)80-59-62(81-65(70)53-50-47-44-41-38-35-31-27-24-21-18-15-12-9-6-3)58-76-64(69)52-49-46-43-40-37-33-30-26-23-20-17-14-11-8-5-2/h7-8,10-11,16-17,19-20,25-26,28,30,32,34,39,42,60-62,66-67H,4-6,9,12-15,18,21-24,27,29,31,33,35-38,40-41,43-59H2,1-3H3,(H,71,72)(H,73,74)/b10-7-,11-8-,19-16-,20-17-,28-25-,30-26-,34-32-,42-39-. The summed E-state index contributed by atoms with van der Waals surface area (Å²) in [5.74, 6) is -1.65. The molecule has 83 heavy (non-hydrogen) atoms. The van der Waals surface area contributed by atoms with Crippen LogP contribution in [0.5, 0.6) is 0 Å². The molecule has 478 valence electrons. The topological polar surface area (TPSA) is 231 Å². The van der Waals surface area contributed by atoms with E-state index in [1.807, 2.05) is 12.2 Å². The number of aliphatic hydroxyl groups is 2. The number of carbonyl (C=O) groups is 3. The third-order valence-electron chi connectivity index (χ3n) is 12.8. The van der Waals surface area contributed by atoms with Crippen LogP contribution in [0.1, 0.15) is 239 Å². The quantitative estimate of drug-likeness (QED) is 0.0146. The van der Waals surface area contributed by atoms with E-state index in [2.05, 4.69) is 106 Å². The Morgan fingerprint density at radius 3 is 1.06 bits per heavy atom. The van der Waals surface area contributed by atoms with E-state index in [0.29, 0.717) is 25.7 Å². The second-order valence-electron chi connectivity index (χ2n) is 20.8. The number of aliphatic hydroxyl groups excluding tert-OH is 2. The molecule has 0 spiro atoms. The molecule has 18 heteroatoms. The Morgan fingerprint density at radius 2 is 0.651 bits per heavy atom. The normalized spacial score (nSPS) is 15.0. The number of phosphoric ester groups is 2. The number of phosphoric acid groups is 2. The van der Waals surface area contributed by atoms with Gasteiger partial charge in [0.15, 0.2) is 6.10 Å². The molecule has 0 aliphatic carbocycles. The monoisotopic (exact) mass is 1210 g/mol. The van der Waals surface area contributed by atoms with Crippen molar-refractivity contribution in [3.05, 3.63) is 97.2 Å². The van der Waals surface area contributed by atoms with Gasteiger partial charge in [-0.05, 0) is 89.9 Å². The van der Waals surface area contributed by atoms with E-state index in [4.69, 9.17) is 32.3 Å². The van der Waals surface area contributed by atoms with Crippen molar-refractivity contribution >= 4 is 33.6 Å². The van der Waals surface area contributed by atoms with Crippen LogP contribution < -0.4 is 0 Å². The number of carbonyl (C=O) groups excluding carboxylic acids is 3. The Hall–Kier alpha value is -3.53. The smallest absolute Gasteiger partial charge is 0.463 e. The molecule has 0 saturated heterocycles. The van der Waals surface area contributed by atoms with Crippen LogP contribution in [-0.4, -0.2) is 95.9 Å². The first kappa shape index (κ1) is 79.5. The second kappa shape index (κ2) is 58.8. The molecule has 0 aromatic rings. The molecule has 4 N–H and O–H groups in total. The Kier molecular flexibility index (Phi) is 56.3. The van der Waals surface area contributed by atoms with Gasteiger partial charge in [-0.15, -0.1) is 0 Å². The highest BCUT2D eigenvalue weighted by Gasteiger charge is 2.29. The second-order valence-corrected chi connectivity index (χ2v) is 23.7. The SMILES string of the molecule is CC/C=C\C/C=C\C/C=C\C/C=C\C/C=C\CCCC(=O)OCC(O)COP(=O)(O)OCC(O)COP(=O)(O)OCC(COC(=O)CCCCCCC/C=C\C/C=C\C/C=C\CC)OC(=O)CCCCCCCCCCCCCCCCC. The molecule has 5 unspecified atom stereocenters. The summed E-state index contributed by atoms with van der Waals surface area (Å²) < 4.78 is 60.7. The number of hydrogen-bond acceptors (Lipinski definition) is 14. The fourth-order valence-corrected chi connectivity index (χ4v) is 9.62. The van der Waals surface area contributed by atoms with Crippen molar-refractivity contribution in [1.82, 2.24) is 0 Å². The minimum atomic E-state index is -4.93. The summed E-state index contributed by atoms with van der Waals surface area (Å²) >= 11 is 0. The third kappa shape index (κ3) is 60.0. The van der Waals surface area contributed by atoms with Crippen molar-refractivity contribution < 1.29 is 75.8 Å². The third-order valence-corrected chi connectivity index (χ3v) is 14.7. The van der Waals surface area contributed by atoms with Crippen LogP contribution in [0.25, 0.3) is 0 Å². The Morgan fingerprint density at radius 1 is 0.349 bits per heavy atom. The van der Waals surface area contributed by atoms with Gasteiger partial charge in [-0.25, -0.2) is 9.13 Å². The Balaban J connectivity index is 4.75. The number of hydrogen-bond donors (Lipinski definition) is 4. The molecule has 16 nitrogen and oxygen atoms in total. The van der Waals surface area contributed by atoms with Gasteiger partial charge in [-0.2, -0.15) is 0 Å².